The summed E-state index contributed by atoms with van der Waals surface area (Å²) in [4.78, 5) is 0. The van der Waals surface area contributed by atoms with Gasteiger partial charge < -0.3 is 4.42 Å². The zero-order valence-electron chi connectivity index (χ0n) is 13.3. The fourth-order valence-electron chi connectivity index (χ4n) is 4.25. The summed E-state index contributed by atoms with van der Waals surface area (Å²) >= 11 is 0. The third-order valence-electron chi connectivity index (χ3n) is 5.24. The highest BCUT2D eigenvalue weighted by molar-refractivity contribution is 6.34. The zero-order chi connectivity index (χ0) is 15.8. The third kappa shape index (κ3) is 1.37. The van der Waals surface area contributed by atoms with Crippen molar-refractivity contribution in [2.75, 3.05) is 0 Å². The normalized spacial score (nSPS) is 12.3. The second-order valence-electron chi connectivity index (χ2n) is 6.68. The lowest BCUT2D eigenvalue weighted by Crippen LogP contribution is -1.98. The molecule has 110 valence electrons. The van der Waals surface area contributed by atoms with Gasteiger partial charge in [0.05, 0.1) is 0 Å². The van der Waals surface area contributed by atoms with Crippen LogP contribution in [0.1, 0.15) is 0 Å². The van der Waals surface area contributed by atoms with Crippen LogP contribution in [0.5, 0.6) is 0 Å². The highest BCUT2D eigenvalue weighted by Crippen LogP contribution is 2.51. The maximum absolute atomic E-state index is 6.22. The first-order valence-corrected chi connectivity index (χ1v) is 8.29. The average Bonchev–Trinajstić information content (AvgIpc) is 3.12. The van der Waals surface area contributed by atoms with Crippen molar-refractivity contribution >= 4 is 46.0 Å². The summed E-state index contributed by atoms with van der Waals surface area (Å²) in [6.07, 6.45) is 0. The van der Waals surface area contributed by atoms with Crippen LogP contribution < -0.4 is 5.46 Å². The van der Waals surface area contributed by atoms with Gasteiger partial charge in [-0.1, -0.05) is 60.1 Å². The van der Waals surface area contributed by atoms with Crippen LogP contribution in [-0.2, 0) is 0 Å². The van der Waals surface area contributed by atoms with E-state index in [9.17, 15) is 0 Å². The van der Waals surface area contributed by atoms with Crippen LogP contribution in [0, 0.1) is 0 Å². The molecule has 0 aliphatic heterocycles. The number of furan rings is 1. The molecule has 0 spiro atoms. The molecule has 0 fully saturated rings. The minimum Gasteiger partial charge on any atom is -0.456 e. The van der Waals surface area contributed by atoms with Crippen LogP contribution in [0.15, 0.2) is 71.1 Å². The lowest BCUT2D eigenvalue weighted by molar-refractivity contribution is 0.670. The first kappa shape index (κ1) is 12.4. The van der Waals surface area contributed by atoms with Gasteiger partial charge in [0, 0.05) is 16.3 Å². The van der Waals surface area contributed by atoms with Crippen molar-refractivity contribution in [1.29, 1.82) is 0 Å². The fourth-order valence-corrected chi connectivity index (χ4v) is 4.25. The number of benzene rings is 4. The van der Waals surface area contributed by atoms with Gasteiger partial charge in [-0.3, -0.25) is 0 Å². The summed E-state index contributed by atoms with van der Waals surface area (Å²) in [6.45, 7) is 0. The molecule has 0 saturated heterocycles. The van der Waals surface area contributed by atoms with E-state index in [2.05, 4.69) is 74.6 Å². The molecule has 0 N–H and O–H groups in total. The highest BCUT2D eigenvalue weighted by Gasteiger charge is 2.25. The van der Waals surface area contributed by atoms with Crippen molar-refractivity contribution in [2.24, 2.45) is 0 Å². The number of rotatable bonds is 0. The number of hydrogen-bond donors (Lipinski definition) is 0. The smallest absolute Gasteiger partial charge is 0.139 e. The summed E-state index contributed by atoms with van der Waals surface area (Å²) in [5, 5.41) is 5.06. The molecule has 0 unspecified atom stereocenters. The zero-order valence-corrected chi connectivity index (χ0v) is 13.3. The molecule has 1 heterocycles. The Morgan fingerprint density at radius 3 is 2.42 bits per heavy atom. The molecule has 24 heavy (non-hydrogen) atoms. The molecule has 1 aromatic heterocycles. The van der Waals surface area contributed by atoms with Crippen LogP contribution in [0.3, 0.4) is 0 Å². The monoisotopic (exact) mass is 304 g/mol. The molecule has 0 saturated carbocycles. The van der Waals surface area contributed by atoms with E-state index in [1.807, 2.05) is 0 Å². The lowest BCUT2D eigenvalue weighted by atomic mass is 9.93. The van der Waals surface area contributed by atoms with Gasteiger partial charge >= 0.3 is 0 Å². The van der Waals surface area contributed by atoms with E-state index in [0.717, 1.165) is 11.2 Å². The third-order valence-corrected chi connectivity index (χ3v) is 5.24. The molecular weight excluding hydrogens is 291 g/mol. The number of fused-ring (bicyclic) bond motifs is 7. The molecule has 1 aliphatic carbocycles. The largest absolute Gasteiger partial charge is 0.456 e. The van der Waals surface area contributed by atoms with Crippen LogP contribution in [0.4, 0.5) is 0 Å². The summed E-state index contributed by atoms with van der Waals surface area (Å²) < 4.78 is 6.22. The van der Waals surface area contributed by atoms with Gasteiger partial charge in [-0.05, 0) is 39.6 Å². The maximum atomic E-state index is 6.22. The molecule has 0 atom stereocenters. The molecule has 5 aromatic rings. The molecule has 0 amide bonds. The first-order valence-electron chi connectivity index (χ1n) is 8.29. The predicted octanol–water partition coefficient (Wildman–Crippen LogP) is 4.65. The van der Waals surface area contributed by atoms with Gasteiger partial charge in [0.15, 0.2) is 0 Å². The Morgan fingerprint density at radius 2 is 1.50 bits per heavy atom. The van der Waals surface area contributed by atoms with Crippen molar-refractivity contribution < 1.29 is 4.42 Å². The Hall–Kier alpha value is -3.00. The Balaban J connectivity index is 1.96. The fraction of sp³-hybridized carbons (Fsp3) is 0. The molecule has 2 heteroatoms. The molecule has 1 aliphatic rings. The van der Waals surface area contributed by atoms with E-state index in [1.54, 1.807) is 0 Å². The second kappa shape index (κ2) is 4.10. The van der Waals surface area contributed by atoms with Crippen LogP contribution >= 0.6 is 0 Å². The lowest BCUT2D eigenvalue weighted by Gasteiger charge is -2.04. The molecule has 6 rings (SSSR count). The van der Waals surface area contributed by atoms with Crippen molar-refractivity contribution in [3.8, 4) is 22.3 Å². The van der Waals surface area contributed by atoms with Gasteiger partial charge in [0.1, 0.15) is 19.0 Å². The molecular formula is C22H13BO. The van der Waals surface area contributed by atoms with Crippen molar-refractivity contribution in [1.82, 2.24) is 0 Å². The van der Waals surface area contributed by atoms with Gasteiger partial charge in [-0.2, -0.15) is 0 Å². The SMILES string of the molecule is Bc1ccc2c(c1)oc1cc3cccc4c3c(c12)-c1ccccc1-4. The van der Waals surface area contributed by atoms with Crippen LogP contribution in [0.2, 0.25) is 0 Å². The minimum atomic E-state index is 0.975. The van der Waals surface area contributed by atoms with Gasteiger partial charge in [-0.25, -0.2) is 0 Å². The van der Waals surface area contributed by atoms with Crippen molar-refractivity contribution in [3.05, 3.63) is 66.7 Å². The van der Waals surface area contributed by atoms with E-state index in [-0.39, 0.29) is 0 Å². The standard InChI is InChI=1S/C22H13BO/c23-13-8-9-17-18(11-13)24-19-10-12-4-3-7-15-14-5-1-2-6-16(14)22(20(12)15)21(17)19/h1-11H,23H2. The number of hydrogen-bond acceptors (Lipinski definition) is 1. The summed E-state index contributed by atoms with van der Waals surface area (Å²) in [5.41, 5.74) is 8.49. The average molecular weight is 304 g/mol. The Morgan fingerprint density at radius 1 is 0.667 bits per heavy atom. The van der Waals surface area contributed by atoms with E-state index in [0.29, 0.717) is 0 Å². The van der Waals surface area contributed by atoms with E-state index < -0.39 is 0 Å². The molecule has 1 nitrogen and oxygen atoms in total. The van der Waals surface area contributed by atoms with Gasteiger partial charge in [0.25, 0.3) is 0 Å². The van der Waals surface area contributed by atoms with E-state index in [1.165, 1.54) is 49.3 Å². The summed E-state index contributed by atoms with van der Waals surface area (Å²) in [6, 6.07) is 24.0. The Labute approximate surface area is 139 Å². The van der Waals surface area contributed by atoms with Gasteiger partial charge in [0.2, 0.25) is 0 Å². The van der Waals surface area contributed by atoms with E-state index in [4.69, 9.17) is 4.42 Å². The summed E-state index contributed by atoms with van der Waals surface area (Å²) in [5.74, 6) is 0. The molecule has 4 aromatic carbocycles. The highest BCUT2D eigenvalue weighted by atomic mass is 16.3. The molecule has 0 radical (unpaired) electrons. The second-order valence-corrected chi connectivity index (χ2v) is 6.68. The Bertz CT molecular complexity index is 1310. The maximum Gasteiger partial charge on any atom is 0.139 e. The van der Waals surface area contributed by atoms with Crippen LogP contribution in [-0.4, -0.2) is 7.85 Å². The summed E-state index contributed by atoms with van der Waals surface area (Å²) in [7, 11) is 2.11. The predicted molar refractivity (Wildman–Crippen MR) is 104 cm³/mol. The molecule has 0 bridgehead atoms. The minimum absolute atomic E-state index is 0.975. The van der Waals surface area contributed by atoms with Crippen molar-refractivity contribution in [2.45, 2.75) is 0 Å². The quantitative estimate of drug-likeness (QED) is 0.372. The first-order chi connectivity index (χ1) is 11.8. The van der Waals surface area contributed by atoms with E-state index >= 15 is 0 Å². The van der Waals surface area contributed by atoms with Crippen LogP contribution in [0.25, 0.3) is 55.0 Å². The Kier molecular flexibility index (Phi) is 2.12. The van der Waals surface area contributed by atoms with Crippen molar-refractivity contribution in [3.63, 3.8) is 0 Å². The van der Waals surface area contributed by atoms with Gasteiger partial charge in [-0.15, -0.1) is 0 Å². The topological polar surface area (TPSA) is 13.1 Å².